The third-order valence-corrected chi connectivity index (χ3v) is 1.40. The zero-order valence-electron chi connectivity index (χ0n) is 7.83. The Morgan fingerprint density at radius 2 is 1.92 bits per heavy atom. The molecule has 0 saturated heterocycles. The summed E-state index contributed by atoms with van der Waals surface area (Å²) >= 11 is 0. The van der Waals surface area contributed by atoms with E-state index in [-0.39, 0.29) is 5.41 Å². The number of rotatable bonds is 1. The van der Waals surface area contributed by atoms with Crippen LogP contribution in [0, 0.1) is 0 Å². The standard InChI is InChI=1S/C8H13N3O/c1-8(2,3)6-9-5-10-7(11-6)12-4/h5H,1-4H3. The Bertz CT molecular complexity index is 267. The van der Waals surface area contributed by atoms with Crippen LogP contribution in [0.25, 0.3) is 0 Å². The van der Waals surface area contributed by atoms with Crippen LogP contribution < -0.4 is 4.74 Å². The zero-order valence-corrected chi connectivity index (χ0v) is 7.83. The van der Waals surface area contributed by atoms with Crippen molar-refractivity contribution in [1.29, 1.82) is 0 Å². The molecule has 0 aliphatic rings. The van der Waals surface area contributed by atoms with Crippen LogP contribution >= 0.6 is 0 Å². The molecular weight excluding hydrogens is 154 g/mol. The molecule has 1 rings (SSSR count). The zero-order chi connectivity index (χ0) is 9.19. The first-order valence-electron chi connectivity index (χ1n) is 3.77. The molecule has 0 N–H and O–H groups in total. The second-order valence-corrected chi connectivity index (χ2v) is 3.55. The Balaban J connectivity index is 3.02. The normalized spacial score (nSPS) is 11.3. The first kappa shape index (κ1) is 8.90. The fraction of sp³-hybridized carbons (Fsp3) is 0.625. The van der Waals surface area contributed by atoms with Gasteiger partial charge in [0.25, 0.3) is 0 Å². The van der Waals surface area contributed by atoms with Crippen molar-refractivity contribution < 1.29 is 4.74 Å². The van der Waals surface area contributed by atoms with E-state index in [2.05, 4.69) is 15.0 Å². The Labute approximate surface area is 72.0 Å². The molecule has 0 unspecified atom stereocenters. The lowest BCUT2D eigenvalue weighted by molar-refractivity contribution is 0.369. The van der Waals surface area contributed by atoms with Gasteiger partial charge in [0, 0.05) is 5.41 Å². The SMILES string of the molecule is COc1ncnc(C(C)(C)C)n1. The van der Waals surface area contributed by atoms with Crippen molar-refractivity contribution in [2.24, 2.45) is 0 Å². The van der Waals surface area contributed by atoms with E-state index in [0.29, 0.717) is 6.01 Å². The minimum absolute atomic E-state index is 0.0593. The number of nitrogens with zero attached hydrogens (tertiary/aromatic N) is 3. The molecule has 0 bridgehead atoms. The van der Waals surface area contributed by atoms with Crippen LogP contribution in [0.2, 0.25) is 0 Å². The maximum atomic E-state index is 4.89. The fourth-order valence-electron chi connectivity index (χ4n) is 0.741. The van der Waals surface area contributed by atoms with Gasteiger partial charge in [0.1, 0.15) is 12.2 Å². The van der Waals surface area contributed by atoms with Gasteiger partial charge < -0.3 is 4.74 Å². The topological polar surface area (TPSA) is 47.9 Å². The van der Waals surface area contributed by atoms with Crippen molar-refractivity contribution in [3.05, 3.63) is 12.2 Å². The predicted octanol–water partition coefficient (Wildman–Crippen LogP) is 1.18. The van der Waals surface area contributed by atoms with Crippen molar-refractivity contribution in [3.63, 3.8) is 0 Å². The van der Waals surface area contributed by atoms with Crippen LogP contribution in [0.15, 0.2) is 6.33 Å². The second-order valence-electron chi connectivity index (χ2n) is 3.55. The van der Waals surface area contributed by atoms with Crippen LogP contribution in [0.3, 0.4) is 0 Å². The summed E-state index contributed by atoms with van der Waals surface area (Å²) in [6.07, 6.45) is 1.46. The maximum Gasteiger partial charge on any atom is 0.319 e. The van der Waals surface area contributed by atoms with E-state index < -0.39 is 0 Å². The van der Waals surface area contributed by atoms with Crippen LogP contribution in [0.1, 0.15) is 26.6 Å². The van der Waals surface area contributed by atoms with Crippen molar-refractivity contribution in [2.45, 2.75) is 26.2 Å². The van der Waals surface area contributed by atoms with Gasteiger partial charge >= 0.3 is 6.01 Å². The molecular formula is C8H13N3O. The average Bonchev–Trinajstić information content (AvgIpc) is 2.03. The predicted molar refractivity (Wildman–Crippen MR) is 45.1 cm³/mol. The monoisotopic (exact) mass is 167 g/mol. The van der Waals surface area contributed by atoms with E-state index in [1.165, 1.54) is 6.33 Å². The molecule has 4 nitrogen and oxygen atoms in total. The fourth-order valence-corrected chi connectivity index (χ4v) is 0.741. The average molecular weight is 167 g/mol. The number of hydrogen-bond donors (Lipinski definition) is 0. The largest absolute Gasteiger partial charge is 0.467 e. The molecule has 12 heavy (non-hydrogen) atoms. The summed E-state index contributed by atoms with van der Waals surface area (Å²) < 4.78 is 4.89. The van der Waals surface area contributed by atoms with Crippen molar-refractivity contribution in [1.82, 2.24) is 15.0 Å². The van der Waals surface area contributed by atoms with Gasteiger partial charge in [0.2, 0.25) is 0 Å². The van der Waals surface area contributed by atoms with E-state index in [9.17, 15) is 0 Å². The van der Waals surface area contributed by atoms with Crippen LogP contribution in [0.4, 0.5) is 0 Å². The summed E-state index contributed by atoms with van der Waals surface area (Å²) in [6.45, 7) is 6.13. The molecule has 0 saturated carbocycles. The number of methoxy groups -OCH3 is 1. The molecule has 0 fully saturated rings. The number of hydrogen-bond acceptors (Lipinski definition) is 4. The molecule has 0 spiro atoms. The van der Waals surface area contributed by atoms with E-state index in [4.69, 9.17) is 4.74 Å². The summed E-state index contributed by atoms with van der Waals surface area (Å²) in [5.41, 5.74) is -0.0593. The van der Waals surface area contributed by atoms with E-state index in [1.54, 1.807) is 7.11 Å². The molecule has 0 atom stereocenters. The minimum Gasteiger partial charge on any atom is -0.467 e. The lowest BCUT2D eigenvalue weighted by atomic mass is 9.96. The smallest absolute Gasteiger partial charge is 0.319 e. The van der Waals surface area contributed by atoms with E-state index in [1.807, 2.05) is 20.8 Å². The van der Waals surface area contributed by atoms with E-state index >= 15 is 0 Å². The third kappa shape index (κ3) is 1.90. The van der Waals surface area contributed by atoms with Gasteiger partial charge in [0.05, 0.1) is 7.11 Å². The molecule has 66 valence electrons. The van der Waals surface area contributed by atoms with Crippen LogP contribution in [0.5, 0.6) is 6.01 Å². The van der Waals surface area contributed by atoms with Gasteiger partial charge in [-0.2, -0.15) is 9.97 Å². The molecule has 0 aromatic carbocycles. The molecule has 1 aromatic rings. The quantitative estimate of drug-likeness (QED) is 0.630. The highest BCUT2D eigenvalue weighted by Crippen LogP contribution is 2.17. The Kier molecular flexibility index (Phi) is 2.26. The minimum atomic E-state index is -0.0593. The molecule has 0 aliphatic carbocycles. The summed E-state index contributed by atoms with van der Waals surface area (Å²) in [5.74, 6) is 0.745. The number of aromatic nitrogens is 3. The summed E-state index contributed by atoms with van der Waals surface area (Å²) in [5, 5.41) is 0. The second kappa shape index (κ2) is 3.05. The van der Waals surface area contributed by atoms with Crippen LogP contribution in [-0.2, 0) is 5.41 Å². The highest BCUT2D eigenvalue weighted by Gasteiger charge is 2.17. The molecule has 1 aromatic heterocycles. The molecule has 4 heteroatoms. The molecule has 0 radical (unpaired) electrons. The Morgan fingerprint density at radius 1 is 1.25 bits per heavy atom. The van der Waals surface area contributed by atoms with Gasteiger partial charge in [-0.05, 0) is 0 Å². The summed E-state index contributed by atoms with van der Waals surface area (Å²) in [7, 11) is 1.54. The highest BCUT2D eigenvalue weighted by atomic mass is 16.5. The Morgan fingerprint density at radius 3 is 2.42 bits per heavy atom. The summed E-state index contributed by atoms with van der Waals surface area (Å²) in [6, 6.07) is 0.370. The lowest BCUT2D eigenvalue weighted by Crippen LogP contribution is -2.16. The van der Waals surface area contributed by atoms with Gasteiger partial charge in [-0.3, -0.25) is 0 Å². The van der Waals surface area contributed by atoms with Gasteiger partial charge in [0.15, 0.2) is 0 Å². The van der Waals surface area contributed by atoms with Crippen molar-refractivity contribution in [2.75, 3.05) is 7.11 Å². The van der Waals surface area contributed by atoms with Gasteiger partial charge in [-0.25, -0.2) is 4.98 Å². The Hall–Kier alpha value is -1.19. The van der Waals surface area contributed by atoms with Crippen molar-refractivity contribution in [3.8, 4) is 6.01 Å². The van der Waals surface area contributed by atoms with Gasteiger partial charge in [-0.15, -0.1) is 0 Å². The third-order valence-electron chi connectivity index (χ3n) is 1.40. The molecule has 0 aliphatic heterocycles. The first-order valence-corrected chi connectivity index (χ1v) is 3.77. The highest BCUT2D eigenvalue weighted by molar-refractivity contribution is 5.04. The first-order chi connectivity index (χ1) is 5.54. The molecule has 0 amide bonds. The summed E-state index contributed by atoms with van der Waals surface area (Å²) in [4.78, 5) is 12.0. The number of ether oxygens (including phenoxy) is 1. The van der Waals surface area contributed by atoms with Gasteiger partial charge in [-0.1, -0.05) is 20.8 Å². The lowest BCUT2D eigenvalue weighted by Gasteiger charge is -2.15. The van der Waals surface area contributed by atoms with Crippen LogP contribution in [-0.4, -0.2) is 22.1 Å². The molecule has 1 heterocycles. The van der Waals surface area contributed by atoms with Crippen molar-refractivity contribution >= 4 is 0 Å². The maximum absolute atomic E-state index is 4.89. The van der Waals surface area contributed by atoms with E-state index in [0.717, 1.165) is 5.82 Å².